The smallest absolute Gasteiger partial charge is 0.303 e. The first kappa shape index (κ1) is 22.1. The Morgan fingerprint density at radius 1 is 1.00 bits per heavy atom. The predicted octanol–water partition coefficient (Wildman–Crippen LogP) is 5.46. The summed E-state index contributed by atoms with van der Waals surface area (Å²) in [7, 11) is 0. The van der Waals surface area contributed by atoms with Gasteiger partial charge in [-0.1, -0.05) is 67.7 Å². The third-order valence-electron chi connectivity index (χ3n) is 3.12. The maximum atomic E-state index is 10.3. The van der Waals surface area contributed by atoms with Crippen molar-refractivity contribution in [2.24, 2.45) is 0 Å². The number of allylic oxidation sites excluding steroid dienone is 8. The van der Waals surface area contributed by atoms with Crippen LogP contribution in [0.1, 0.15) is 51.9 Å². The van der Waals surface area contributed by atoms with Crippen molar-refractivity contribution in [1.82, 2.24) is 0 Å². The number of rotatable bonds is 14. The molecule has 134 valence electrons. The maximum absolute atomic E-state index is 10.3. The van der Waals surface area contributed by atoms with Crippen molar-refractivity contribution in [3.8, 4) is 0 Å². The molecule has 1 unspecified atom stereocenters. The van der Waals surface area contributed by atoms with Gasteiger partial charge in [0.1, 0.15) is 6.10 Å². The molecule has 0 aromatic rings. The second-order valence-corrected chi connectivity index (χ2v) is 5.27. The first-order chi connectivity index (χ1) is 11.7. The van der Waals surface area contributed by atoms with Crippen molar-refractivity contribution in [2.45, 2.75) is 58.0 Å². The van der Waals surface area contributed by atoms with Gasteiger partial charge in [-0.25, -0.2) is 4.89 Å². The van der Waals surface area contributed by atoms with Crippen molar-refractivity contribution in [1.29, 1.82) is 0 Å². The zero-order valence-electron chi connectivity index (χ0n) is 14.5. The zero-order chi connectivity index (χ0) is 17.9. The van der Waals surface area contributed by atoms with Crippen molar-refractivity contribution in [3.05, 3.63) is 60.8 Å². The van der Waals surface area contributed by atoms with E-state index in [2.05, 4.69) is 30.0 Å². The molecule has 0 amide bonds. The largest absolute Gasteiger partial charge is 0.481 e. The highest BCUT2D eigenvalue weighted by atomic mass is 17.1. The predicted molar refractivity (Wildman–Crippen MR) is 98.8 cm³/mol. The monoisotopic (exact) mass is 334 g/mol. The van der Waals surface area contributed by atoms with Crippen LogP contribution in [0.4, 0.5) is 0 Å². The van der Waals surface area contributed by atoms with E-state index in [4.69, 9.17) is 10.4 Å². The highest BCUT2D eigenvalue weighted by Crippen LogP contribution is 2.02. The van der Waals surface area contributed by atoms with Gasteiger partial charge in [-0.15, -0.1) is 0 Å². The maximum Gasteiger partial charge on any atom is 0.303 e. The summed E-state index contributed by atoms with van der Waals surface area (Å²) in [5.41, 5.74) is 0. The van der Waals surface area contributed by atoms with Gasteiger partial charge in [0, 0.05) is 6.42 Å². The lowest BCUT2D eigenvalue weighted by Crippen LogP contribution is -2.04. The summed E-state index contributed by atoms with van der Waals surface area (Å²) in [6, 6.07) is 0. The van der Waals surface area contributed by atoms with Gasteiger partial charge in [-0.3, -0.25) is 10.1 Å². The zero-order valence-corrected chi connectivity index (χ0v) is 14.5. The van der Waals surface area contributed by atoms with E-state index in [0.717, 1.165) is 25.7 Å². The summed E-state index contributed by atoms with van der Waals surface area (Å²) < 4.78 is 0. The fourth-order valence-electron chi connectivity index (χ4n) is 1.83. The molecular formula is C20H30O4. The van der Waals surface area contributed by atoms with E-state index < -0.39 is 5.97 Å². The lowest BCUT2D eigenvalue weighted by Gasteiger charge is -2.03. The van der Waals surface area contributed by atoms with Gasteiger partial charge in [-0.2, -0.15) is 0 Å². The molecule has 0 rings (SSSR count). The molecule has 0 aliphatic rings. The molecule has 0 heterocycles. The number of hydrogen-bond acceptors (Lipinski definition) is 3. The third-order valence-corrected chi connectivity index (χ3v) is 3.12. The van der Waals surface area contributed by atoms with Gasteiger partial charge >= 0.3 is 5.97 Å². The van der Waals surface area contributed by atoms with E-state index in [1.165, 1.54) is 0 Å². The molecule has 0 radical (unpaired) electrons. The standard InChI is InChI=1S/C20H30O4/c1-2-3-4-5-10-13-16-19(24-23)17-14-11-8-6-7-9-12-15-18-20(21)22/h3-4,7-11,13-14,17,19,23H,2,5-6,12,15-16,18H2,1H3,(H,21,22)/b4-3+,9-7+,11-8+,13-10+,17-14+. The topological polar surface area (TPSA) is 66.8 Å². The second kappa shape index (κ2) is 17.4. The average molecular weight is 334 g/mol. The minimum absolute atomic E-state index is 0.217. The fourth-order valence-corrected chi connectivity index (χ4v) is 1.83. The van der Waals surface area contributed by atoms with Gasteiger partial charge < -0.3 is 5.11 Å². The first-order valence-corrected chi connectivity index (χ1v) is 8.51. The van der Waals surface area contributed by atoms with Crippen LogP contribution in [-0.2, 0) is 9.68 Å². The molecule has 0 aliphatic carbocycles. The van der Waals surface area contributed by atoms with Crippen LogP contribution in [0.15, 0.2) is 60.8 Å². The second-order valence-electron chi connectivity index (χ2n) is 5.27. The Hall–Kier alpha value is -1.91. The van der Waals surface area contributed by atoms with E-state index in [1.807, 2.05) is 36.5 Å². The molecule has 4 heteroatoms. The molecule has 4 nitrogen and oxygen atoms in total. The van der Waals surface area contributed by atoms with Crippen LogP contribution in [0.5, 0.6) is 0 Å². The molecule has 24 heavy (non-hydrogen) atoms. The molecular weight excluding hydrogens is 304 g/mol. The SMILES string of the molecule is CC/C=C/C/C=C/CC(/C=C/C=C/C/C=C/CCCC(=O)O)OO. The summed E-state index contributed by atoms with van der Waals surface area (Å²) in [5, 5.41) is 17.4. The van der Waals surface area contributed by atoms with Gasteiger partial charge in [0.05, 0.1) is 0 Å². The van der Waals surface area contributed by atoms with Gasteiger partial charge in [0.2, 0.25) is 0 Å². The van der Waals surface area contributed by atoms with E-state index >= 15 is 0 Å². The van der Waals surface area contributed by atoms with Gasteiger partial charge in [0.15, 0.2) is 0 Å². The van der Waals surface area contributed by atoms with Crippen LogP contribution in [0, 0.1) is 0 Å². The highest BCUT2D eigenvalue weighted by Gasteiger charge is 1.99. The lowest BCUT2D eigenvalue weighted by molar-refractivity contribution is -0.264. The minimum Gasteiger partial charge on any atom is -0.481 e. The first-order valence-electron chi connectivity index (χ1n) is 8.51. The summed E-state index contributed by atoms with van der Waals surface area (Å²) in [4.78, 5) is 14.8. The van der Waals surface area contributed by atoms with Crippen molar-refractivity contribution in [2.75, 3.05) is 0 Å². The van der Waals surface area contributed by atoms with Crippen LogP contribution in [0.25, 0.3) is 0 Å². The number of unbranched alkanes of at least 4 members (excludes halogenated alkanes) is 1. The van der Waals surface area contributed by atoms with Crippen LogP contribution < -0.4 is 0 Å². The normalized spacial score (nSPS) is 14.1. The third kappa shape index (κ3) is 16.5. The Labute approximate surface area is 145 Å². The summed E-state index contributed by atoms with van der Waals surface area (Å²) in [6.07, 6.45) is 24.5. The Kier molecular flexibility index (Phi) is 16.1. The highest BCUT2D eigenvalue weighted by molar-refractivity contribution is 5.66. The number of hydrogen-bond donors (Lipinski definition) is 2. The molecule has 0 fully saturated rings. The Morgan fingerprint density at radius 3 is 2.42 bits per heavy atom. The van der Waals surface area contributed by atoms with Crippen molar-refractivity contribution in [3.63, 3.8) is 0 Å². The summed E-state index contributed by atoms with van der Waals surface area (Å²) in [5.74, 6) is -0.749. The van der Waals surface area contributed by atoms with Crippen LogP contribution in [0.2, 0.25) is 0 Å². The Balaban J connectivity index is 3.85. The molecule has 0 saturated carbocycles. The Bertz CT molecular complexity index is 445. The number of aliphatic carboxylic acids is 1. The van der Waals surface area contributed by atoms with Gasteiger partial charge in [-0.05, 0) is 38.5 Å². The quantitative estimate of drug-likeness (QED) is 0.145. The van der Waals surface area contributed by atoms with Crippen LogP contribution in [0.3, 0.4) is 0 Å². The molecule has 0 aromatic carbocycles. The molecule has 0 aromatic heterocycles. The average Bonchev–Trinajstić information content (AvgIpc) is 2.57. The van der Waals surface area contributed by atoms with E-state index in [0.29, 0.717) is 12.8 Å². The molecule has 0 saturated heterocycles. The number of carboxylic acids is 1. The number of carboxylic acid groups (broad SMARTS) is 1. The van der Waals surface area contributed by atoms with Crippen LogP contribution in [-0.4, -0.2) is 22.4 Å². The molecule has 0 aliphatic heterocycles. The Morgan fingerprint density at radius 2 is 1.71 bits per heavy atom. The fraction of sp³-hybridized carbons (Fsp3) is 0.450. The molecule has 0 bridgehead atoms. The molecule has 1 atom stereocenters. The molecule has 0 spiro atoms. The molecule has 2 N–H and O–H groups in total. The van der Waals surface area contributed by atoms with Crippen LogP contribution >= 0.6 is 0 Å². The van der Waals surface area contributed by atoms with Gasteiger partial charge in [0.25, 0.3) is 0 Å². The van der Waals surface area contributed by atoms with Crippen molar-refractivity contribution >= 4 is 5.97 Å². The summed E-state index contributed by atoms with van der Waals surface area (Å²) in [6.45, 7) is 2.10. The lowest BCUT2D eigenvalue weighted by atomic mass is 10.2. The van der Waals surface area contributed by atoms with Crippen molar-refractivity contribution < 1.29 is 20.0 Å². The van der Waals surface area contributed by atoms with E-state index in [9.17, 15) is 4.79 Å². The van der Waals surface area contributed by atoms with E-state index in [-0.39, 0.29) is 12.5 Å². The number of carbonyl (C=O) groups is 1. The minimum atomic E-state index is -0.749. The van der Waals surface area contributed by atoms with E-state index in [1.54, 1.807) is 6.08 Å². The summed E-state index contributed by atoms with van der Waals surface area (Å²) >= 11 is 0.